The largest absolute Gasteiger partial charge is 0.459 e. The quantitative estimate of drug-likeness (QED) is 0.310. The molecule has 0 radical (unpaired) electrons. The van der Waals surface area contributed by atoms with E-state index < -0.39 is 59.0 Å². The molecule has 0 bridgehead atoms. The molecule has 2 aliphatic rings. The number of cyclic esters (lactones) is 1. The van der Waals surface area contributed by atoms with Crippen molar-refractivity contribution in [3.05, 3.63) is 69.9 Å². The van der Waals surface area contributed by atoms with Gasteiger partial charge >= 0.3 is 12.1 Å². The first kappa shape index (κ1) is 24.4. The summed E-state index contributed by atoms with van der Waals surface area (Å²) in [6, 6.07) is 10.9. The van der Waals surface area contributed by atoms with E-state index in [1.807, 2.05) is 0 Å². The molecule has 0 aliphatic carbocycles. The van der Waals surface area contributed by atoms with Crippen LogP contribution in [0.4, 0.5) is 16.2 Å². The molecule has 1 fully saturated rings. The number of carbonyl (C=O) groups is 3. The second-order valence-electron chi connectivity index (χ2n) is 10.2. The number of anilines is 1. The Bertz CT molecular complexity index is 1470. The summed E-state index contributed by atoms with van der Waals surface area (Å²) in [7, 11) is 0. The number of esters is 1. The van der Waals surface area contributed by atoms with Gasteiger partial charge in [0.05, 0.1) is 28.9 Å². The molecule has 3 heterocycles. The summed E-state index contributed by atoms with van der Waals surface area (Å²) >= 11 is 0. The first-order chi connectivity index (χ1) is 17.5. The van der Waals surface area contributed by atoms with Gasteiger partial charge in [0.15, 0.2) is 0 Å². The van der Waals surface area contributed by atoms with Gasteiger partial charge in [0.1, 0.15) is 11.7 Å². The van der Waals surface area contributed by atoms with Gasteiger partial charge in [-0.05, 0) is 44.0 Å². The normalized spacial score (nSPS) is 23.0. The third kappa shape index (κ3) is 3.82. The van der Waals surface area contributed by atoms with Gasteiger partial charge in [-0.3, -0.25) is 24.3 Å². The number of hydrogen-bond donors (Lipinski definition) is 2. The zero-order chi connectivity index (χ0) is 26.7. The van der Waals surface area contributed by atoms with Crippen molar-refractivity contribution in [2.24, 2.45) is 0 Å². The maximum Gasteiger partial charge on any atom is 0.419 e. The highest BCUT2D eigenvalue weighted by Gasteiger charge is 2.61. The fourth-order valence-corrected chi connectivity index (χ4v) is 5.42. The van der Waals surface area contributed by atoms with E-state index >= 15 is 0 Å². The standard InChI is InChI=1S/C26H25N3O8/c1-25(2,3)37-24(33)28-12-16(15-6-4-5-7-19(15)28)22-20(13-30)36-21(31)11-26(22)17-10-14(29(34)35)8-9-18(17)27-23(26)32/h4-10,12,20,22,30H,11,13H2,1-3H3,(H,27,32)/t20-,22-,26+/m1/s1. The molecule has 5 rings (SSSR count). The minimum absolute atomic E-state index is 0.246. The molecule has 2 N–H and O–H groups in total. The van der Waals surface area contributed by atoms with Crippen molar-refractivity contribution < 1.29 is 33.9 Å². The van der Waals surface area contributed by atoms with Crippen molar-refractivity contribution in [3.63, 3.8) is 0 Å². The molecule has 1 saturated heterocycles. The van der Waals surface area contributed by atoms with Crippen LogP contribution in [0.3, 0.4) is 0 Å². The molecule has 2 aliphatic heterocycles. The number of nitro benzene ring substituents is 1. The predicted octanol–water partition coefficient (Wildman–Crippen LogP) is 3.61. The summed E-state index contributed by atoms with van der Waals surface area (Å²) in [6.45, 7) is 4.60. The number of nitrogens with zero attached hydrogens (tertiary/aromatic N) is 2. The minimum atomic E-state index is -1.62. The van der Waals surface area contributed by atoms with Crippen LogP contribution in [0.2, 0.25) is 0 Å². The van der Waals surface area contributed by atoms with Gasteiger partial charge in [0.25, 0.3) is 5.69 Å². The molecule has 1 amide bonds. The van der Waals surface area contributed by atoms with Crippen LogP contribution in [-0.4, -0.2) is 50.9 Å². The summed E-state index contributed by atoms with van der Waals surface area (Å²) in [4.78, 5) is 50.5. The van der Waals surface area contributed by atoms with E-state index in [1.54, 1.807) is 45.0 Å². The number of amides is 1. The Hall–Kier alpha value is -4.25. The van der Waals surface area contributed by atoms with Crippen LogP contribution in [-0.2, 0) is 24.5 Å². The SMILES string of the molecule is CC(C)(C)OC(=O)n1cc([C@@H]2[C@@H](CO)OC(=O)C[C@@]23C(=O)Nc2ccc([N+](=O)[O-])cc23)c2ccccc21. The number of nitro groups is 1. The number of carbonyl (C=O) groups excluding carboxylic acids is 3. The van der Waals surface area contributed by atoms with Gasteiger partial charge in [0, 0.05) is 35.3 Å². The molecular formula is C26H25N3O8. The molecule has 37 heavy (non-hydrogen) atoms. The number of nitrogens with one attached hydrogen (secondary N) is 1. The Morgan fingerprint density at radius 2 is 2.00 bits per heavy atom. The molecule has 0 saturated carbocycles. The lowest BCUT2D eigenvalue weighted by molar-refractivity contribution is -0.384. The minimum Gasteiger partial charge on any atom is -0.459 e. The number of non-ortho nitro benzene ring substituents is 1. The van der Waals surface area contributed by atoms with Gasteiger partial charge < -0.3 is 19.9 Å². The van der Waals surface area contributed by atoms with Gasteiger partial charge in [-0.25, -0.2) is 4.79 Å². The Morgan fingerprint density at radius 1 is 1.27 bits per heavy atom. The molecule has 1 spiro atoms. The second kappa shape index (κ2) is 8.41. The van der Waals surface area contributed by atoms with Crippen LogP contribution in [0.1, 0.15) is 44.2 Å². The van der Waals surface area contributed by atoms with Gasteiger partial charge in [-0.15, -0.1) is 0 Å². The zero-order valence-electron chi connectivity index (χ0n) is 20.4. The fourth-order valence-electron chi connectivity index (χ4n) is 5.42. The number of hydrogen-bond acceptors (Lipinski definition) is 8. The van der Waals surface area contributed by atoms with Crippen LogP contribution in [0.5, 0.6) is 0 Å². The average Bonchev–Trinajstić information content (AvgIpc) is 3.33. The fraction of sp³-hybridized carbons (Fsp3) is 0.346. The number of aromatic nitrogens is 1. The monoisotopic (exact) mass is 507 g/mol. The lowest BCUT2D eigenvalue weighted by atomic mass is 9.62. The first-order valence-corrected chi connectivity index (χ1v) is 11.7. The maximum atomic E-state index is 13.7. The predicted molar refractivity (Wildman–Crippen MR) is 131 cm³/mol. The molecule has 1 aromatic heterocycles. The smallest absolute Gasteiger partial charge is 0.419 e. The molecule has 3 atom stereocenters. The second-order valence-corrected chi connectivity index (χ2v) is 10.2. The van der Waals surface area contributed by atoms with Crippen molar-refractivity contribution in [1.29, 1.82) is 0 Å². The first-order valence-electron chi connectivity index (χ1n) is 11.7. The number of fused-ring (bicyclic) bond motifs is 3. The van der Waals surface area contributed by atoms with Gasteiger partial charge in [-0.1, -0.05) is 18.2 Å². The Labute approximate surface area is 211 Å². The molecule has 11 nitrogen and oxygen atoms in total. The van der Waals surface area contributed by atoms with E-state index in [4.69, 9.17) is 9.47 Å². The Balaban J connectivity index is 1.78. The third-order valence-corrected chi connectivity index (χ3v) is 6.80. The number of para-hydroxylation sites is 1. The number of ether oxygens (including phenoxy) is 2. The Kier molecular flexibility index (Phi) is 5.56. The highest BCUT2D eigenvalue weighted by Crippen LogP contribution is 2.55. The van der Waals surface area contributed by atoms with Gasteiger partial charge in [0.2, 0.25) is 5.91 Å². The molecule has 0 unspecified atom stereocenters. The number of rotatable bonds is 3. The van der Waals surface area contributed by atoms with Crippen LogP contribution in [0.15, 0.2) is 48.7 Å². The maximum absolute atomic E-state index is 13.7. The lowest BCUT2D eigenvalue weighted by Crippen LogP contribution is -2.53. The van der Waals surface area contributed by atoms with E-state index in [-0.39, 0.29) is 11.3 Å². The van der Waals surface area contributed by atoms with Gasteiger partial charge in [-0.2, -0.15) is 0 Å². The topological polar surface area (TPSA) is 150 Å². The Morgan fingerprint density at radius 3 is 2.68 bits per heavy atom. The van der Waals surface area contributed by atoms with E-state index in [1.165, 1.54) is 29.0 Å². The summed E-state index contributed by atoms with van der Waals surface area (Å²) in [5.41, 5.74) is -1.09. The van der Waals surface area contributed by atoms with Crippen LogP contribution in [0.25, 0.3) is 10.9 Å². The highest BCUT2D eigenvalue weighted by molar-refractivity contribution is 6.10. The van der Waals surface area contributed by atoms with Crippen molar-refractivity contribution >= 4 is 40.2 Å². The van der Waals surface area contributed by atoms with E-state index in [0.29, 0.717) is 22.2 Å². The van der Waals surface area contributed by atoms with Crippen LogP contribution >= 0.6 is 0 Å². The molecule has 192 valence electrons. The lowest BCUT2D eigenvalue weighted by Gasteiger charge is -2.43. The van der Waals surface area contributed by atoms with Crippen molar-refractivity contribution in [1.82, 2.24) is 4.57 Å². The highest BCUT2D eigenvalue weighted by atomic mass is 16.6. The number of aliphatic hydroxyl groups is 1. The number of aliphatic hydroxyl groups excluding tert-OH is 1. The average molecular weight is 507 g/mol. The van der Waals surface area contributed by atoms with Crippen LogP contribution in [0, 0.1) is 10.1 Å². The molecular weight excluding hydrogens is 482 g/mol. The summed E-state index contributed by atoms with van der Waals surface area (Å²) in [6.07, 6.45) is -0.685. The summed E-state index contributed by atoms with van der Waals surface area (Å²) < 4.78 is 12.4. The zero-order valence-corrected chi connectivity index (χ0v) is 20.4. The molecule has 3 aromatic rings. The van der Waals surface area contributed by atoms with E-state index in [0.717, 1.165) is 0 Å². The molecule has 11 heteroatoms. The van der Waals surface area contributed by atoms with Crippen LogP contribution < -0.4 is 5.32 Å². The summed E-state index contributed by atoms with van der Waals surface area (Å²) in [5.74, 6) is -2.23. The van der Waals surface area contributed by atoms with Crippen molar-refractivity contribution in [2.45, 2.75) is 50.2 Å². The molecule has 2 aromatic carbocycles. The van der Waals surface area contributed by atoms with Crippen molar-refractivity contribution in [2.75, 3.05) is 11.9 Å². The third-order valence-electron chi connectivity index (χ3n) is 6.80. The van der Waals surface area contributed by atoms with E-state index in [9.17, 15) is 29.6 Å². The van der Waals surface area contributed by atoms with E-state index in [2.05, 4.69) is 5.32 Å². The van der Waals surface area contributed by atoms with Crippen molar-refractivity contribution in [3.8, 4) is 0 Å². The number of benzene rings is 2. The summed E-state index contributed by atoms with van der Waals surface area (Å²) in [5, 5.41) is 25.2.